The summed E-state index contributed by atoms with van der Waals surface area (Å²) in [7, 11) is 1.65. The van der Waals surface area contributed by atoms with Crippen molar-refractivity contribution in [1.82, 2.24) is 10.2 Å². The molecule has 68 valence electrons. The fourth-order valence-corrected chi connectivity index (χ4v) is 1.30. The summed E-state index contributed by atoms with van der Waals surface area (Å²) < 4.78 is 10.2. The van der Waals surface area contributed by atoms with Gasteiger partial charge in [0.15, 0.2) is 0 Å². The van der Waals surface area contributed by atoms with Gasteiger partial charge in [-0.3, -0.25) is 0 Å². The molecule has 1 aromatic rings. The van der Waals surface area contributed by atoms with Crippen LogP contribution < -0.4 is 0 Å². The lowest BCUT2D eigenvalue weighted by atomic mass is 10.0. The standard InChI is InChI=1S/C9H10N2O2/c1-12-8-4-2-3-7(5-8)9-11-10-6-13-9/h2,4-7H,3H2,1H3. The van der Waals surface area contributed by atoms with Crippen LogP contribution in [0.5, 0.6) is 0 Å². The van der Waals surface area contributed by atoms with Crippen molar-refractivity contribution in [2.45, 2.75) is 12.3 Å². The Kier molecular flexibility index (Phi) is 2.12. The summed E-state index contributed by atoms with van der Waals surface area (Å²) in [5, 5.41) is 7.50. The Balaban J connectivity index is 2.19. The summed E-state index contributed by atoms with van der Waals surface area (Å²) in [5.74, 6) is 1.64. The molecule has 0 aliphatic heterocycles. The van der Waals surface area contributed by atoms with Crippen molar-refractivity contribution in [2.75, 3.05) is 7.11 Å². The van der Waals surface area contributed by atoms with Crippen LogP contribution in [-0.2, 0) is 4.74 Å². The van der Waals surface area contributed by atoms with E-state index in [2.05, 4.69) is 10.2 Å². The van der Waals surface area contributed by atoms with Gasteiger partial charge >= 0.3 is 0 Å². The van der Waals surface area contributed by atoms with E-state index >= 15 is 0 Å². The third-order valence-electron chi connectivity index (χ3n) is 1.97. The van der Waals surface area contributed by atoms with Crippen LogP contribution in [-0.4, -0.2) is 17.3 Å². The number of allylic oxidation sites excluding steroid dienone is 3. The quantitative estimate of drug-likeness (QED) is 0.690. The van der Waals surface area contributed by atoms with E-state index in [1.807, 2.05) is 18.2 Å². The van der Waals surface area contributed by atoms with Crippen molar-refractivity contribution < 1.29 is 9.15 Å². The number of methoxy groups -OCH3 is 1. The van der Waals surface area contributed by atoms with E-state index in [0.717, 1.165) is 12.2 Å². The highest BCUT2D eigenvalue weighted by molar-refractivity contribution is 5.23. The SMILES string of the molecule is COC1=CC(c2nnco2)CC=C1. The number of nitrogens with zero attached hydrogens (tertiary/aromatic N) is 2. The number of rotatable bonds is 2. The average molecular weight is 178 g/mol. The summed E-state index contributed by atoms with van der Waals surface area (Å²) >= 11 is 0. The second-order valence-corrected chi connectivity index (χ2v) is 2.79. The predicted molar refractivity (Wildman–Crippen MR) is 45.9 cm³/mol. The molecule has 0 radical (unpaired) electrons. The Bertz CT molecular complexity index is 327. The minimum absolute atomic E-state index is 0.155. The molecular formula is C9H10N2O2. The van der Waals surface area contributed by atoms with Gasteiger partial charge in [-0.15, -0.1) is 10.2 Å². The zero-order valence-corrected chi connectivity index (χ0v) is 7.30. The topological polar surface area (TPSA) is 48.2 Å². The Hall–Kier alpha value is -1.58. The average Bonchev–Trinajstić information content (AvgIpc) is 2.71. The molecule has 1 aliphatic rings. The molecule has 0 aromatic carbocycles. The number of hydrogen-bond donors (Lipinski definition) is 0. The van der Waals surface area contributed by atoms with Gasteiger partial charge in [-0.2, -0.15) is 0 Å². The summed E-state index contributed by atoms with van der Waals surface area (Å²) in [4.78, 5) is 0. The van der Waals surface area contributed by atoms with Crippen molar-refractivity contribution in [3.05, 3.63) is 36.3 Å². The summed E-state index contributed by atoms with van der Waals surface area (Å²) in [6.45, 7) is 0. The molecule has 1 heterocycles. The van der Waals surface area contributed by atoms with Gasteiger partial charge in [0.05, 0.1) is 13.0 Å². The van der Waals surface area contributed by atoms with E-state index in [9.17, 15) is 0 Å². The predicted octanol–water partition coefficient (Wildman–Crippen LogP) is 1.64. The van der Waals surface area contributed by atoms with Crippen molar-refractivity contribution in [2.24, 2.45) is 0 Å². The first kappa shape index (κ1) is 8.04. The lowest BCUT2D eigenvalue weighted by molar-refractivity contribution is 0.300. The fourth-order valence-electron chi connectivity index (χ4n) is 1.30. The molecule has 1 aliphatic carbocycles. The molecule has 0 spiro atoms. The Morgan fingerprint density at radius 3 is 3.23 bits per heavy atom. The molecule has 1 aromatic heterocycles. The molecular weight excluding hydrogens is 168 g/mol. The molecule has 0 saturated carbocycles. The lowest BCUT2D eigenvalue weighted by Crippen LogP contribution is -2.00. The Morgan fingerprint density at radius 2 is 2.54 bits per heavy atom. The van der Waals surface area contributed by atoms with Crippen molar-refractivity contribution in [1.29, 1.82) is 0 Å². The molecule has 0 amide bonds. The van der Waals surface area contributed by atoms with E-state index in [1.54, 1.807) is 7.11 Å². The molecule has 0 fully saturated rings. The first-order chi connectivity index (χ1) is 6.40. The van der Waals surface area contributed by atoms with Crippen molar-refractivity contribution in [3.8, 4) is 0 Å². The Labute approximate surface area is 75.9 Å². The van der Waals surface area contributed by atoms with Gasteiger partial charge < -0.3 is 9.15 Å². The molecule has 4 nitrogen and oxygen atoms in total. The highest BCUT2D eigenvalue weighted by Gasteiger charge is 2.16. The van der Waals surface area contributed by atoms with Gasteiger partial charge in [-0.1, -0.05) is 6.08 Å². The zero-order valence-electron chi connectivity index (χ0n) is 7.30. The van der Waals surface area contributed by atoms with E-state index in [0.29, 0.717) is 5.89 Å². The van der Waals surface area contributed by atoms with Gasteiger partial charge in [0.1, 0.15) is 5.76 Å². The third-order valence-corrected chi connectivity index (χ3v) is 1.97. The first-order valence-electron chi connectivity index (χ1n) is 4.08. The molecule has 0 saturated heterocycles. The van der Waals surface area contributed by atoms with Crippen molar-refractivity contribution in [3.63, 3.8) is 0 Å². The minimum atomic E-state index is 0.155. The number of aromatic nitrogens is 2. The molecule has 1 atom stereocenters. The normalized spacial score (nSPS) is 21.3. The van der Waals surface area contributed by atoms with E-state index in [4.69, 9.17) is 9.15 Å². The lowest BCUT2D eigenvalue weighted by Gasteiger charge is -2.11. The largest absolute Gasteiger partial charge is 0.497 e. The van der Waals surface area contributed by atoms with E-state index in [-0.39, 0.29) is 5.92 Å². The zero-order chi connectivity index (χ0) is 9.10. The molecule has 0 N–H and O–H groups in total. The van der Waals surface area contributed by atoms with Gasteiger partial charge in [-0.25, -0.2) is 0 Å². The van der Waals surface area contributed by atoms with Crippen LogP contribution in [0.15, 0.2) is 34.8 Å². The molecule has 4 heteroatoms. The molecule has 1 unspecified atom stereocenters. The van der Waals surface area contributed by atoms with Gasteiger partial charge in [0, 0.05) is 0 Å². The van der Waals surface area contributed by atoms with Crippen LogP contribution in [0.3, 0.4) is 0 Å². The van der Waals surface area contributed by atoms with Crippen LogP contribution in [0.1, 0.15) is 18.2 Å². The smallest absolute Gasteiger partial charge is 0.223 e. The number of hydrogen-bond acceptors (Lipinski definition) is 4. The Morgan fingerprint density at radius 1 is 1.62 bits per heavy atom. The molecule has 2 rings (SSSR count). The van der Waals surface area contributed by atoms with E-state index in [1.165, 1.54) is 6.39 Å². The van der Waals surface area contributed by atoms with Crippen LogP contribution in [0.25, 0.3) is 0 Å². The summed E-state index contributed by atoms with van der Waals surface area (Å²) in [6, 6.07) is 0. The summed E-state index contributed by atoms with van der Waals surface area (Å²) in [5.41, 5.74) is 0. The monoisotopic (exact) mass is 178 g/mol. The molecule has 13 heavy (non-hydrogen) atoms. The maximum Gasteiger partial charge on any atom is 0.223 e. The second kappa shape index (κ2) is 3.43. The first-order valence-corrected chi connectivity index (χ1v) is 4.08. The highest BCUT2D eigenvalue weighted by Crippen LogP contribution is 2.25. The van der Waals surface area contributed by atoms with Gasteiger partial charge in [0.25, 0.3) is 0 Å². The van der Waals surface area contributed by atoms with Gasteiger partial charge in [0.2, 0.25) is 12.3 Å². The maximum absolute atomic E-state index is 5.11. The van der Waals surface area contributed by atoms with Gasteiger partial charge in [-0.05, 0) is 18.6 Å². The van der Waals surface area contributed by atoms with Crippen molar-refractivity contribution >= 4 is 0 Å². The maximum atomic E-state index is 5.11. The minimum Gasteiger partial charge on any atom is -0.497 e. The van der Waals surface area contributed by atoms with Crippen LogP contribution in [0, 0.1) is 0 Å². The van der Waals surface area contributed by atoms with E-state index < -0.39 is 0 Å². The van der Waals surface area contributed by atoms with Crippen LogP contribution in [0.2, 0.25) is 0 Å². The number of ether oxygens (including phenoxy) is 1. The third kappa shape index (κ3) is 1.61. The fraction of sp³-hybridized carbons (Fsp3) is 0.333. The highest BCUT2D eigenvalue weighted by atomic mass is 16.5. The van der Waals surface area contributed by atoms with Crippen LogP contribution in [0.4, 0.5) is 0 Å². The summed E-state index contributed by atoms with van der Waals surface area (Å²) in [6.07, 6.45) is 8.18. The van der Waals surface area contributed by atoms with Crippen LogP contribution >= 0.6 is 0 Å². The second-order valence-electron chi connectivity index (χ2n) is 2.79. The molecule has 0 bridgehead atoms.